The molecule has 0 aliphatic carbocycles. The molecule has 0 fully saturated rings. The molecule has 98 valence electrons. The van der Waals surface area contributed by atoms with Crippen molar-refractivity contribution in [1.29, 1.82) is 0 Å². The molecule has 0 bridgehead atoms. The Morgan fingerprint density at radius 1 is 1.28 bits per heavy atom. The Labute approximate surface area is 105 Å². The Balaban J connectivity index is 2.42. The second kappa shape index (κ2) is 5.48. The summed E-state index contributed by atoms with van der Waals surface area (Å²) >= 11 is 0. The highest BCUT2D eigenvalue weighted by molar-refractivity contribution is 5.81. The van der Waals surface area contributed by atoms with Crippen LogP contribution in [0.25, 0.3) is 10.9 Å². The van der Waals surface area contributed by atoms with Crippen LogP contribution >= 0.6 is 0 Å². The molecule has 0 aliphatic heterocycles. The molecule has 0 saturated carbocycles. The number of benzene rings is 1. The minimum absolute atomic E-state index is 0.349. The average molecular weight is 253 g/mol. The number of aryl methyl sites for hydroxylation is 2. The third kappa shape index (κ3) is 2.25. The molecule has 0 amide bonds. The number of nitrogens with zero attached hydrogens (tertiary/aromatic N) is 1. The summed E-state index contributed by atoms with van der Waals surface area (Å²) in [5.74, 6) is -1.46. The van der Waals surface area contributed by atoms with Crippen LogP contribution in [0.4, 0.5) is 8.78 Å². The molecule has 1 aromatic carbocycles. The molecule has 0 spiro atoms. The van der Waals surface area contributed by atoms with Crippen molar-refractivity contribution in [2.24, 2.45) is 0 Å². The molecule has 0 unspecified atom stereocenters. The predicted octanol–water partition coefficient (Wildman–Crippen LogP) is 3.52. The van der Waals surface area contributed by atoms with Crippen molar-refractivity contribution in [3.63, 3.8) is 0 Å². The molecular weight excluding hydrogens is 236 g/mol. The van der Waals surface area contributed by atoms with E-state index in [0.717, 1.165) is 18.5 Å². The second-order valence-electron chi connectivity index (χ2n) is 4.31. The minimum Gasteiger partial charge on any atom is -0.385 e. The third-order valence-corrected chi connectivity index (χ3v) is 3.16. The lowest BCUT2D eigenvalue weighted by Gasteiger charge is -2.08. The van der Waals surface area contributed by atoms with Crippen molar-refractivity contribution >= 4 is 10.9 Å². The normalized spacial score (nSPS) is 11.3. The fraction of sp³-hybridized carbons (Fsp3) is 0.429. The van der Waals surface area contributed by atoms with Crippen LogP contribution in [-0.4, -0.2) is 18.3 Å². The molecule has 0 radical (unpaired) electrons. The number of ether oxygens (including phenoxy) is 1. The van der Waals surface area contributed by atoms with E-state index in [1.54, 1.807) is 25.4 Å². The first-order valence-electron chi connectivity index (χ1n) is 6.13. The zero-order chi connectivity index (χ0) is 13.1. The first kappa shape index (κ1) is 13.0. The van der Waals surface area contributed by atoms with E-state index in [-0.39, 0.29) is 0 Å². The summed E-state index contributed by atoms with van der Waals surface area (Å²) < 4.78 is 34.4. The van der Waals surface area contributed by atoms with Gasteiger partial charge in [0.15, 0.2) is 11.6 Å². The summed E-state index contributed by atoms with van der Waals surface area (Å²) in [5.41, 5.74) is 1.17. The van der Waals surface area contributed by atoms with Gasteiger partial charge >= 0.3 is 0 Å². The molecule has 0 N–H and O–H groups in total. The summed E-state index contributed by atoms with van der Waals surface area (Å²) in [7, 11) is 1.65. The lowest BCUT2D eigenvalue weighted by Crippen LogP contribution is -2.01. The van der Waals surface area contributed by atoms with Gasteiger partial charge in [-0.1, -0.05) is 6.92 Å². The van der Waals surface area contributed by atoms with Crippen LogP contribution < -0.4 is 0 Å². The topological polar surface area (TPSA) is 14.2 Å². The van der Waals surface area contributed by atoms with Crippen molar-refractivity contribution in [2.75, 3.05) is 13.7 Å². The lowest BCUT2D eigenvalue weighted by molar-refractivity contribution is 0.190. The van der Waals surface area contributed by atoms with E-state index in [1.807, 2.05) is 11.5 Å². The van der Waals surface area contributed by atoms with Gasteiger partial charge in [0.25, 0.3) is 0 Å². The van der Waals surface area contributed by atoms with Crippen LogP contribution in [0.2, 0.25) is 0 Å². The number of methoxy groups -OCH3 is 1. The summed E-state index contributed by atoms with van der Waals surface area (Å²) in [4.78, 5) is 0. The Bertz CT molecular complexity index is 548. The van der Waals surface area contributed by atoms with E-state index < -0.39 is 11.6 Å². The number of halogens is 2. The van der Waals surface area contributed by atoms with Gasteiger partial charge in [0.05, 0.1) is 5.52 Å². The Morgan fingerprint density at radius 3 is 2.72 bits per heavy atom. The molecular formula is C14H17F2NO. The Hall–Kier alpha value is -1.42. The van der Waals surface area contributed by atoms with Gasteiger partial charge in [-0.05, 0) is 30.5 Å². The maximum absolute atomic E-state index is 13.8. The van der Waals surface area contributed by atoms with Gasteiger partial charge in [-0.2, -0.15) is 0 Å². The van der Waals surface area contributed by atoms with E-state index in [4.69, 9.17) is 4.74 Å². The van der Waals surface area contributed by atoms with Crippen LogP contribution in [-0.2, 0) is 17.7 Å². The quantitative estimate of drug-likeness (QED) is 0.744. The van der Waals surface area contributed by atoms with Gasteiger partial charge in [-0.3, -0.25) is 0 Å². The first-order chi connectivity index (χ1) is 8.69. The van der Waals surface area contributed by atoms with Gasteiger partial charge in [0, 0.05) is 31.8 Å². The SMILES string of the molecule is CCc1cc2c(ccn2CCCOC)c(F)c1F. The molecule has 1 aromatic heterocycles. The number of fused-ring (bicyclic) bond motifs is 1. The number of hydrogen-bond acceptors (Lipinski definition) is 1. The zero-order valence-electron chi connectivity index (χ0n) is 10.7. The van der Waals surface area contributed by atoms with Crippen molar-refractivity contribution in [2.45, 2.75) is 26.3 Å². The van der Waals surface area contributed by atoms with E-state index in [2.05, 4.69) is 0 Å². The van der Waals surface area contributed by atoms with Gasteiger partial charge in [-0.15, -0.1) is 0 Å². The van der Waals surface area contributed by atoms with Crippen LogP contribution in [0.3, 0.4) is 0 Å². The molecule has 0 atom stereocenters. The van der Waals surface area contributed by atoms with Crippen molar-refractivity contribution in [3.05, 3.63) is 35.5 Å². The van der Waals surface area contributed by atoms with Gasteiger partial charge < -0.3 is 9.30 Å². The number of hydrogen-bond donors (Lipinski definition) is 0. The Kier molecular flexibility index (Phi) is 3.97. The highest BCUT2D eigenvalue weighted by Gasteiger charge is 2.14. The highest BCUT2D eigenvalue weighted by Crippen LogP contribution is 2.25. The van der Waals surface area contributed by atoms with Gasteiger partial charge in [0.1, 0.15) is 0 Å². The second-order valence-corrected chi connectivity index (χ2v) is 4.31. The molecule has 1 heterocycles. The van der Waals surface area contributed by atoms with Crippen LogP contribution in [0, 0.1) is 11.6 Å². The largest absolute Gasteiger partial charge is 0.385 e. The van der Waals surface area contributed by atoms with Gasteiger partial charge in [-0.25, -0.2) is 8.78 Å². The summed E-state index contributed by atoms with van der Waals surface area (Å²) in [6.45, 7) is 3.22. The first-order valence-corrected chi connectivity index (χ1v) is 6.13. The predicted molar refractivity (Wildman–Crippen MR) is 67.7 cm³/mol. The third-order valence-electron chi connectivity index (χ3n) is 3.16. The van der Waals surface area contributed by atoms with E-state index in [1.165, 1.54) is 0 Å². The molecule has 4 heteroatoms. The van der Waals surface area contributed by atoms with Crippen LogP contribution in [0.5, 0.6) is 0 Å². The number of aromatic nitrogens is 1. The standard InChI is InChI=1S/C14H17F2NO/c1-3-10-9-12-11(14(16)13(10)15)5-7-17(12)6-4-8-18-2/h5,7,9H,3-4,6,8H2,1-2H3. The fourth-order valence-corrected chi connectivity index (χ4v) is 2.15. The molecule has 2 aromatic rings. The summed E-state index contributed by atoms with van der Waals surface area (Å²) in [6, 6.07) is 3.36. The van der Waals surface area contributed by atoms with Crippen molar-refractivity contribution < 1.29 is 13.5 Å². The maximum Gasteiger partial charge on any atom is 0.168 e. The molecule has 0 saturated heterocycles. The monoisotopic (exact) mass is 253 g/mol. The fourth-order valence-electron chi connectivity index (χ4n) is 2.15. The lowest BCUT2D eigenvalue weighted by atomic mass is 10.1. The summed E-state index contributed by atoms with van der Waals surface area (Å²) in [6.07, 6.45) is 3.13. The molecule has 18 heavy (non-hydrogen) atoms. The highest BCUT2D eigenvalue weighted by atomic mass is 19.2. The minimum atomic E-state index is -0.741. The number of rotatable bonds is 5. The molecule has 2 rings (SSSR count). The Morgan fingerprint density at radius 2 is 2.06 bits per heavy atom. The van der Waals surface area contributed by atoms with E-state index >= 15 is 0 Å². The van der Waals surface area contributed by atoms with Gasteiger partial charge in [0.2, 0.25) is 0 Å². The maximum atomic E-state index is 13.8. The van der Waals surface area contributed by atoms with E-state index in [9.17, 15) is 8.78 Å². The van der Waals surface area contributed by atoms with Crippen LogP contribution in [0.15, 0.2) is 18.3 Å². The average Bonchev–Trinajstić information content (AvgIpc) is 2.77. The van der Waals surface area contributed by atoms with Crippen molar-refractivity contribution in [1.82, 2.24) is 4.57 Å². The zero-order valence-corrected chi connectivity index (χ0v) is 10.7. The smallest absolute Gasteiger partial charge is 0.168 e. The van der Waals surface area contributed by atoms with Crippen LogP contribution in [0.1, 0.15) is 18.9 Å². The van der Waals surface area contributed by atoms with Crippen molar-refractivity contribution in [3.8, 4) is 0 Å². The molecule has 2 nitrogen and oxygen atoms in total. The summed E-state index contributed by atoms with van der Waals surface area (Å²) in [5, 5.41) is 0.349. The molecule has 0 aliphatic rings. The van der Waals surface area contributed by atoms with E-state index in [0.29, 0.717) is 24.0 Å².